The van der Waals surface area contributed by atoms with Gasteiger partial charge in [0.05, 0.1) is 5.92 Å². The van der Waals surface area contributed by atoms with Gasteiger partial charge in [-0.05, 0) is 30.7 Å². The van der Waals surface area contributed by atoms with Crippen LogP contribution in [0.4, 0.5) is 10.1 Å². The van der Waals surface area contributed by atoms with Gasteiger partial charge in [0.15, 0.2) is 0 Å². The van der Waals surface area contributed by atoms with Crippen molar-refractivity contribution in [2.24, 2.45) is 11.7 Å². The molecule has 4 heteroatoms. The molecule has 3 N–H and O–H groups in total. The highest BCUT2D eigenvalue weighted by Gasteiger charge is 2.15. The van der Waals surface area contributed by atoms with Crippen molar-refractivity contribution in [1.82, 2.24) is 0 Å². The van der Waals surface area contributed by atoms with Crippen LogP contribution in [-0.4, -0.2) is 12.5 Å². The second kappa shape index (κ2) is 6.23. The zero-order valence-electron chi connectivity index (χ0n) is 9.37. The topological polar surface area (TPSA) is 55.1 Å². The molecular formula is C12H17FN2O. The van der Waals surface area contributed by atoms with Gasteiger partial charge in [0, 0.05) is 12.2 Å². The highest BCUT2D eigenvalue weighted by atomic mass is 19.1. The molecule has 88 valence electrons. The predicted molar refractivity (Wildman–Crippen MR) is 62.5 cm³/mol. The van der Waals surface area contributed by atoms with Gasteiger partial charge in [-0.1, -0.05) is 13.3 Å². The number of anilines is 1. The standard InChI is InChI=1S/C12H17FN2O/c1-2-3-9(8-14)12(16)15-11-6-4-10(13)5-7-11/h4-7,9H,2-3,8,14H2,1H3,(H,15,16). The van der Waals surface area contributed by atoms with Gasteiger partial charge >= 0.3 is 0 Å². The van der Waals surface area contributed by atoms with Crippen molar-refractivity contribution in [2.45, 2.75) is 19.8 Å². The van der Waals surface area contributed by atoms with Crippen LogP contribution >= 0.6 is 0 Å². The Labute approximate surface area is 94.8 Å². The third-order valence-corrected chi connectivity index (χ3v) is 2.40. The Hall–Kier alpha value is -1.42. The minimum Gasteiger partial charge on any atom is -0.330 e. The van der Waals surface area contributed by atoms with E-state index in [2.05, 4.69) is 5.32 Å². The largest absolute Gasteiger partial charge is 0.330 e. The van der Waals surface area contributed by atoms with E-state index in [1.807, 2.05) is 6.92 Å². The summed E-state index contributed by atoms with van der Waals surface area (Å²) in [6.07, 6.45) is 1.68. The summed E-state index contributed by atoms with van der Waals surface area (Å²) in [5.74, 6) is -0.590. The maximum absolute atomic E-state index is 12.6. The lowest BCUT2D eigenvalue weighted by Crippen LogP contribution is -2.29. The molecule has 1 unspecified atom stereocenters. The van der Waals surface area contributed by atoms with Gasteiger partial charge in [0.1, 0.15) is 5.82 Å². The molecular weight excluding hydrogens is 207 g/mol. The van der Waals surface area contributed by atoms with Gasteiger partial charge in [-0.3, -0.25) is 4.79 Å². The summed E-state index contributed by atoms with van der Waals surface area (Å²) in [5.41, 5.74) is 6.11. The number of halogens is 1. The first-order valence-electron chi connectivity index (χ1n) is 5.44. The second-order valence-electron chi connectivity index (χ2n) is 3.72. The molecule has 0 saturated heterocycles. The third-order valence-electron chi connectivity index (χ3n) is 2.40. The molecule has 3 nitrogen and oxygen atoms in total. The lowest BCUT2D eigenvalue weighted by atomic mass is 10.0. The molecule has 0 saturated carbocycles. The van der Waals surface area contributed by atoms with E-state index in [9.17, 15) is 9.18 Å². The van der Waals surface area contributed by atoms with Crippen LogP contribution in [0, 0.1) is 11.7 Å². The molecule has 0 fully saturated rings. The molecule has 0 aliphatic heterocycles. The third kappa shape index (κ3) is 3.62. The Balaban J connectivity index is 2.59. The number of hydrogen-bond donors (Lipinski definition) is 2. The summed E-state index contributed by atoms with van der Waals surface area (Å²) >= 11 is 0. The Morgan fingerprint density at radius 2 is 2.06 bits per heavy atom. The van der Waals surface area contributed by atoms with Crippen molar-refractivity contribution in [3.05, 3.63) is 30.1 Å². The van der Waals surface area contributed by atoms with Crippen molar-refractivity contribution in [3.8, 4) is 0 Å². The van der Waals surface area contributed by atoms with Crippen molar-refractivity contribution in [2.75, 3.05) is 11.9 Å². The smallest absolute Gasteiger partial charge is 0.228 e. The molecule has 1 aromatic rings. The number of amides is 1. The molecule has 0 bridgehead atoms. The van der Waals surface area contributed by atoms with E-state index in [1.165, 1.54) is 24.3 Å². The minimum absolute atomic E-state index is 0.101. The number of nitrogens with one attached hydrogen (secondary N) is 1. The zero-order chi connectivity index (χ0) is 12.0. The second-order valence-corrected chi connectivity index (χ2v) is 3.72. The number of carbonyl (C=O) groups excluding carboxylic acids is 1. The maximum Gasteiger partial charge on any atom is 0.228 e. The molecule has 0 spiro atoms. The van der Waals surface area contributed by atoms with Gasteiger partial charge < -0.3 is 11.1 Å². The molecule has 16 heavy (non-hydrogen) atoms. The monoisotopic (exact) mass is 224 g/mol. The van der Waals surface area contributed by atoms with Crippen LogP contribution in [0.1, 0.15) is 19.8 Å². The van der Waals surface area contributed by atoms with Crippen molar-refractivity contribution >= 4 is 11.6 Å². The Morgan fingerprint density at radius 3 is 2.56 bits per heavy atom. The Kier molecular flexibility index (Phi) is 4.92. The summed E-state index contributed by atoms with van der Waals surface area (Å²) in [5, 5.41) is 2.72. The average Bonchev–Trinajstić information content (AvgIpc) is 2.29. The molecule has 1 amide bonds. The van der Waals surface area contributed by atoms with E-state index >= 15 is 0 Å². The van der Waals surface area contributed by atoms with Gasteiger partial charge in [-0.2, -0.15) is 0 Å². The predicted octanol–water partition coefficient (Wildman–Crippen LogP) is 2.14. The Morgan fingerprint density at radius 1 is 1.44 bits per heavy atom. The fourth-order valence-electron chi connectivity index (χ4n) is 1.48. The van der Waals surface area contributed by atoms with Crippen LogP contribution in [-0.2, 0) is 4.79 Å². The van der Waals surface area contributed by atoms with Crippen molar-refractivity contribution < 1.29 is 9.18 Å². The van der Waals surface area contributed by atoms with Crippen LogP contribution < -0.4 is 11.1 Å². The highest BCUT2D eigenvalue weighted by Crippen LogP contribution is 2.12. The SMILES string of the molecule is CCCC(CN)C(=O)Nc1ccc(F)cc1. The first kappa shape index (κ1) is 12.6. The van der Waals surface area contributed by atoms with Gasteiger partial charge in [0.2, 0.25) is 5.91 Å². The molecule has 0 aromatic heterocycles. The fourth-order valence-corrected chi connectivity index (χ4v) is 1.48. The summed E-state index contributed by atoms with van der Waals surface area (Å²) in [6, 6.07) is 5.69. The fraction of sp³-hybridized carbons (Fsp3) is 0.417. The van der Waals surface area contributed by atoms with Crippen LogP contribution in [0.25, 0.3) is 0 Å². The van der Waals surface area contributed by atoms with Crippen LogP contribution in [0.2, 0.25) is 0 Å². The van der Waals surface area contributed by atoms with Gasteiger partial charge in [-0.15, -0.1) is 0 Å². The van der Waals surface area contributed by atoms with E-state index in [0.29, 0.717) is 12.2 Å². The summed E-state index contributed by atoms with van der Waals surface area (Å²) in [4.78, 5) is 11.7. The quantitative estimate of drug-likeness (QED) is 0.805. The van der Waals surface area contributed by atoms with Crippen molar-refractivity contribution in [1.29, 1.82) is 0 Å². The molecule has 0 aliphatic rings. The summed E-state index contributed by atoms with van der Waals surface area (Å²) in [6.45, 7) is 2.34. The summed E-state index contributed by atoms with van der Waals surface area (Å²) < 4.78 is 12.6. The molecule has 1 atom stereocenters. The highest BCUT2D eigenvalue weighted by molar-refractivity contribution is 5.92. The van der Waals surface area contributed by atoms with E-state index in [-0.39, 0.29) is 17.6 Å². The van der Waals surface area contributed by atoms with Crippen LogP contribution in [0.15, 0.2) is 24.3 Å². The lowest BCUT2D eigenvalue weighted by molar-refractivity contribution is -0.119. The first-order valence-corrected chi connectivity index (χ1v) is 5.44. The maximum atomic E-state index is 12.6. The van der Waals surface area contributed by atoms with E-state index < -0.39 is 0 Å². The van der Waals surface area contributed by atoms with Gasteiger partial charge in [-0.25, -0.2) is 4.39 Å². The van der Waals surface area contributed by atoms with E-state index in [4.69, 9.17) is 5.73 Å². The minimum atomic E-state index is -0.318. The lowest BCUT2D eigenvalue weighted by Gasteiger charge is -2.13. The number of nitrogens with two attached hydrogens (primary N) is 1. The van der Waals surface area contributed by atoms with Crippen molar-refractivity contribution in [3.63, 3.8) is 0 Å². The number of hydrogen-bond acceptors (Lipinski definition) is 2. The van der Waals surface area contributed by atoms with Crippen LogP contribution in [0.3, 0.4) is 0 Å². The molecule has 0 radical (unpaired) electrons. The van der Waals surface area contributed by atoms with Crippen LogP contribution in [0.5, 0.6) is 0 Å². The zero-order valence-corrected chi connectivity index (χ0v) is 9.37. The number of rotatable bonds is 5. The average molecular weight is 224 g/mol. The van der Waals surface area contributed by atoms with E-state index in [1.54, 1.807) is 0 Å². The number of carbonyl (C=O) groups is 1. The molecule has 0 heterocycles. The molecule has 1 aromatic carbocycles. The Bertz CT molecular complexity index is 337. The van der Waals surface area contributed by atoms with Gasteiger partial charge in [0.25, 0.3) is 0 Å². The summed E-state index contributed by atoms with van der Waals surface area (Å²) in [7, 11) is 0. The normalized spacial score (nSPS) is 12.2. The first-order chi connectivity index (χ1) is 7.67. The number of benzene rings is 1. The molecule has 0 aliphatic carbocycles. The molecule has 1 rings (SSSR count). The van der Waals surface area contributed by atoms with E-state index in [0.717, 1.165) is 12.8 Å².